The van der Waals surface area contributed by atoms with E-state index in [1.165, 1.54) is 12.1 Å². The Morgan fingerprint density at radius 3 is 2.24 bits per heavy atom. The number of amides is 1. The molecule has 0 aliphatic heterocycles. The van der Waals surface area contributed by atoms with Gasteiger partial charge in [0.15, 0.2) is 0 Å². The van der Waals surface area contributed by atoms with Gasteiger partial charge in [-0.15, -0.1) is 0 Å². The molecular weight excluding hydrogens is 309 g/mol. The molecule has 0 spiro atoms. The van der Waals surface area contributed by atoms with E-state index in [4.69, 9.17) is 0 Å². The van der Waals surface area contributed by atoms with Gasteiger partial charge in [0.1, 0.15) is 0 Å². The summed E-state index contributed by atoms with van der Waals surface area (Å²) in [6.07, 6.45) is 0.205. The number of hydrogen-bond acceptors (Lipinski definition) is 4. The maximum Gasteiger partial charge on any atom is 0.501 e. The van der Waals surface area contributed by atoms with E-state index in [0.717, 1.165) is 12.1 Å². The summed E-state index contributed by atoms with van der Waals surface area (Å²) >= 11 is 0. The molecule has 0 aromatic heterocycles. The lowest BCUT2D eigenvalue weighted by atomic mass is 10.3. The molecule has 0 saturated heterocycles. The fourth-order valence-corrected chi connectivity index (χ4v) is 2.25. The van der Waals surface area contributed by atoms with Crippen LogP contribution in [0.15, 0.2) is 29.2 Å². The summed E-state index contributed by atoms with van der Waals surface area (Å²) in [5.74, 6) is -0.152. The number of rotatable bonds is 6. The van der Waals surface area contributed by atoms with E-state index in [0.29, 0.717) is 12.2 Å². The van der Waals surface area contributed by atoms with E-state index in [-0.39, 0.29) is 18.9 Å². The predicted octanol–water partition coefficient (Wildman–Crippen LogP) is 1.92. The Labute approximate surface area is 120 Å². The summed E-state index contributed by atoms with van der Waals surface area (Å²) in [5, 5.41) is 5.41. The Morgan fingerprint density at radius 2 is 1.76 bits per heavy atom. The highest BCUT2D eigenvalue weighted by atomic mass is 32.2. The van der Waals surface area contributed by atoms with Gasteiger partial charge in [-0.25, -0.2) is 8.42 Å². The Kier molecular flexibility index (Phi) is 5.59. The second kappa shape index (κ2) is 6.79. The average Bonchev–Trinajstić information content (AvgIpc) is 2.38. The van der Waals surface area contributed by atoms with Crippen LogP contribution >= 0.6 is 0 Å². The zero-order chi connectivity index (χ0) is 16.1. The molecule has 118 valence electrons. The minimum absolute atomic E-state index is 0.152. The Balaban J connectivity index is 2.65. The van der Waals surface area contributed by atoms with Crippen molar-refractivity contribution in [1.82, 2.24) is 5.32 Å². The number of sulfone groups is 1. The Morgan fingerprint density at radius 1 is 1.19 bits per heavy atom. The monoisotopic (exact) mass is 324 g/mol. The molecule has 0 radical (unpaired) electrons. The lowest BCUT2D eigenvalue weighted by molar-refractivity contribution is -0.120. The first-order valence-corrected chi connectivity index (χ1v) is 7.58. The van der Waals surface area contributed by atoms with Crippen molar-refractivity contribution in [1.29, 1.82) is 0 Å². The molecule has 0 atom stereocenters. The Bertz CT molecular complexity index is 583. The second-order valence-electron chi connectivity index (χ2n) is 4.10. The van der Waals surface area contributed by atoms with E-state index in [9.17, 15) is 26.4 Å². The highest BCUT2D eigenvalue weighted by molar-refractivity contribution is 7.92. The topological polar surface area (TPSA) is 75.3 Å². The number of halogens is 3. The van der Waals surface area contributed by atoms with E-state index in [2.05, 4.69) is 10.6 Å². The average molecular weight is 324 g/mol. The fourth-order valence-electron chi connectivity index (χ4n) is 1.49. The number of alkyl halides is 3. The van der Waals surface area contributed by atoms with Gasteiger partial charge in [0.2, 0.25) is 5.91 Å². The largest absolute Gasteiger partial charge is 0.501 e. The molecule has 1 aromatic carbocycles. The van der Waals surface area contributed by atoms with E-state index in [1.807, 2.05) is 0 Å². The molecule has 0 saturated carbocycles. The number of nitrogens with one attached hydrogen (secondary N) is 2. The molecule has 0 heterocycles. The van der Waals surface area contributed by atoms with Gasteiger partial charge in [0.25, 0.3) is 9.84 Å². The molecular formula is C12H15F3N2O3S. The molecule has 0 fully saturated rings. The van der Waals surface area contributed by atoms with Gasteiger partial charge < -0.3 is 10.6 Å². The highest BCUT2D eigenvalue weighted by Crippen LogP contribution is 2.30. The zero-order valence-corrected chi connectivity index (χ0v) is 12.0. The van der Waals surface area contributed by atoms with Crippen molar-refractivity contribution < 1.29 is 26.4 Å². The smallest absolute Gasteiger partial charge is 0.385 e. The van der Waals surface area contributed by atoms with Crippen LogP contribution in [0.2, 0.25) is 0 Å². The second-order valence-corrected chi connectivity index (χ2v) is 6.05. The van der Waals surface area contributed by atoms with Crippen LogP contribution in [-0.4, -0.2) is 32.9 Å². The van der Waals surface area contributed by atoms with Crippen molar-refractivity contribution in [2.45, 2.75) is 23.7 Å². The van der Waals surface area contributed by atoms with Crippen molar-refractivity contribution in [3.05, 3.63) is 24.3 Å². The molecule has 9 heteroatoms. The third-order valence-electron chi connectivity index (χ3n) is 2.52. The first kappa shape index (κ1) is 17.3. The van der Waals surface area contributed by atoms with Crippen LogP contribution in [0.4, 0.5) is 18.9 Å². The fraction of sp³-hybridized carbons (Fsp3) is 0.417. The first-order valence-electron chi connectivity index (χ1n) is 6.10. The van der Waals surface area contributed by atoms with Crippen LogP contribution in [0.1, 0.15) is 13.3 Å². The normalized spacial score (nSPS) is 12.0. The predicted molar refractivity (Wildman–Crippen MR) is 71.5 cm³/mol. The summed E-state index contributed by atoms with van der Waals surface area (Å²) in [5.41, 5.74) is -4.89. The van der Waals surface area contributed by atoms with Crippen molar-refractivity contribution in [3.8, 4) is 0 Å². The standard InChI is InChI=1S/C12H15F3N2O3S/c1-2-16-11(18)7-8-17-9-3-5-10(6-4-9)21(19,20)12(13,14)15/h3-6,17H,2,7-8H2,1H3,(H,16,18). The Hall–Kier alpha value is -1.77. The van der Waals surface area contributed by atoms with Gasteiger partial charge in [-0.1, -0.05) is 0 Å². The number of anilines is 1. The van der Waals surface area contributed by atoms with E-state index in [1.54, 1.807) is 6.92 Å². The van der Waals surface area contributed by atoms with Crippen LogP contribution in [0.3, 0.4) is 0 Å². The third-order valence-corrected chi connectivity index (χ3v) is 4.03. The number of carbonyl (C=O) groups is 1. The van der Waals surface area contributed by atoms with Crippen molar-refractivity contribution in [2.75, 3.05) is 18.4 Å². The molecule has 1 amide bonds. The van der Waals surface area contributed by atoms with E-state index < -0.39 is 20.2 Å². The summed E-state index contributed by atoms with van der Waals surface area (Å²) < 4.78 is 59.3. The van der Waals surface area contributed by atoms with Gasteiger partial charge in [0.05, 0.1) is 4.90 Å². The third kappa shape index (κ3) is 4.62. The van der Waals surface area contributed by atoms with Crippen LogP contribution in [0.25, 0.3) is 0 Å². The van der Waals surface area contributed by atoms with Crippen molar-refractivity contribution >= 4 is 21.4 Å². The molecule has 0 bridgehead atoms. The quantitative estimate of drug-likeness (QED) is 0.838. The van der Waals surface area contributed by atoms with Crippen LogP contribution < -0.4 is 10.6 Å². The minimum Gasteiger partial charge on any atom is -0.385 e. The molecule has 5 nitrogen and oxygen atoms in total. The number of benzene rings is 1. The van der Waals surface area contributed by atoms with Crippen LogP contribution in [0, 0.1) is 0 Å². The molecule has 21 heavy (non-hydrogen) atoms. The van der Waals surface area contributed by atoms with Gasteiger partial charge >= 0.3 is 5.51 Å². The lowest BCUT2D eigenvalue weighted by Gasteiger charge is -2.10. The zero-order valence-electron chi connectivity index (χ0n) is 11.2. The molecule has 0 aliphatic carbocycles. The van der Waals surface area contributed by atoms with Gasteiger partial charge in [0, 0.05) is 25.2 Å². The molecule has 2 N–H and O–H groups in total. The number of hydrogen-bond donors (Lipinski definition) is 2. The minimum atomic E-state index is -5.33. The summed E-state index contributed by atoms with van der Waals surface area (Å²) in [7, 11) is -5.33. The SMILES string of the molecule is CCNC(=O)CCNc1ccc(S(=O)(=O)C(F)(F)F)cc1. The molecule has 1 aromatic rings. The molecule has 1 rings (SSSR count). The summed E-state index contributed by atoms with van der Waals surface area (Å²) in [6.45, 7) is 2.59. The summed E-state index contributed by atoms with van der Waals surface area (Å²) in [4.78, 5) is 10.4. The van der Waals surface area contributed by atoms with Crippen LogP contribution in [0.5, 0.6) is 0 Å². The van der Waals surface area contributed by atoms with Gasteiger partial charge in [-0.2, -0.15) is 13.2 Å². The molecule has 0 unspecified atom stereocenters. The van der Waals surface area contributed by atoms with Crippen molar-refractivity contribution in [2.24, 2.45) is 0 Å². The summed E-state index contributed by atoms with van der Waals surface area (Å²) in [6, 6.07) is 4.18. The maximum absolute atomic E-state index is 12.3. The maximum atomic E-state index is 12.3. The van der Waals surface area contributed by atoms with Crippen LogP contribution in [-0.2, 0) is 14.6 Å². The van der Waals surface area contributed by atoms with Gasteiger partial charge in [-0.05, 0) is 31.2 Å². The first-order chi connectivity index (χ1) is 9.68. The molecule has 0 aliphatic rings. The van der Waals surface area contributed by atoms with Gasteiger partial charge in [-0.3, -0.25) is 4.79 Å². The van der Waals surface area contributed by atoms with E-state index >= 15 is 0 Å². The number of carbonyl (C=O) groups excluding carboxylic acids is 1. The van der Waals surface area contributed by atoms with Crippen molar-refractivity contribution in [3.63, 3.8) is 0 Å². The highest BCUT2D eigenvalue weighted by Gasteiger charge is 2.46. The lowest BCUT2D eigenvalue weighted by Crippen LogP contribution is -2.24.